The molecule has 0 heterocycles. The van der Waals surface area contributed by atoms with Crippen LogP contribution in [0.2, 0.25) is 0 Å². The molecular weight excluding hydrogens is 168 g/mol. The van der Waals surface area contributed by atoms with Gasteiger partial charge in [-0.1, -0.05) is 19.1 Å². The zero-order valence-corrected chi connectivity index (χ0v) is 8.36. The molecule has 1 atom stereocenters. The van der Waals surface area contributed by atoms with E-state index in [0.29, 0.717) is 0 Å². The Morgan fingerprint density at radius 3 is 2.17 bits per heavy atom. The quantitative estimate of drug-likeness (QED) is 0.639. The van der Waals surface area contributed by atoms with Crippen LogP contribution < -0.4 is 0 Å². The normalized spacial score (nSPS) is 15.5. The van der Waals surface area contributed by atoms with Crippen LogP contribution in [0.25, 0.3) is 0 Å². The molecule has 0 N–H and O–H groups in total. The van der Waals surface area contributed by atoms with E-state index < -0.39 is 9.52 Å². The summed E-state index contributed by atoms with van der Waals surface area (Å²) in [5, 5.41) is 0. The zero-order valence-electron chi connectivity index (χ0n) is 7.54. The van der Waals surface area contributed by atoms with Crippen molar-refractivity contribution in [3.63, 3.8) is 0 Å². The van der Waals surface area contributed by atoms with Crippen molar-refractivity contribution in [3.8, 4) is 0 Å². The monoisotopic (exact) mass is 182 g/mol. The van der Waals surface area contributed by atoms with Crippen molar-refractivity contribution < 1.29 is 4.21 Å². The van der Waals surface area contributed by atoms with Crippen LogP contribution in [0.3, 0.4) is 0 Å². The van der Waals surface area contributed by atoms with E-state index >= 15 is 0 Å². The molecule has 1 rings (SSSR count). The second-order valence-corrected chi connectivity index (χ2v) is 5.48. The van der Waals surface area contributed by atoms with Crippen molar-refractivity contribution in [2.75, 3.05) is 6.26 Å². The van der Waals surface area contributed by atoms with Crippen LogP contribution in [0.4, 0.5) is 0 Å². The van der Waals surface area contributed by atoms with Crippen molar-refractivity contribution in [2.45, 2.75) is 18.2 Å². The van der Waals surface area contributed by atoms with Gasteiger partial charge in [0.15, 0.2) is 0 Å². The molecule has 0 saturated carbocycles. The minimum Gasteiger partial charge on any atom is -0.263 e. The molecule has 1 aromatic rings. The predicted molar refractivity (Wildman–Crippen MR) is 55.3 cm³/mol. The standard InChI is InChI=1S/C10H14OS/c1-4-9-5-7-10(8-6-9)12(2,3)11/h5-8H,2,4H2,1,3H3. The van der Waals surface area contributed by atoms with Crippen LogP contribution in [-0.2, 0) is 15.9 Å². The second-order valence-electron chi connectivity index (χ2n) is 3.00. The molecule has 0 saturated heterocycles. The lowest BCUT2D eigenvalue weighted by atomic mass is 10.2. The Bertz CT molecular complexity index is 346. The molecule has 0 radical (unpaired) electrons. The lowest BCUT2D eigenvalue weighted by Crippen LogP contribution is -1.96. The molecule has 0 amide bonds. The lowest BCUT2D eigenvalue weighted by molar-refractivity contribution is 0.685. The van der Waals surface area contributed by atoms with Crippen molar-refractivity contribution in [3.05, 3.63) is 29.8 Å². The average molecular weight is 182 g/mol. The minimum absolute atomic E-state index is 0.833. The molecule has 0 aliphatic heterocycles. The molecular formula is C10H14OS. The fourth-order valence-electron chi connectivity index (χ4n) is 1.01. The Morgan fingerprint density at radius 1 is 1.33 bits per heavy atom. The molecule has 1 unspecified atom stereocenters. The van der Waals surface area contributed by atoms with Gasteiger partial charge in [-0.05, 0) is 39.5 Å². The van der Waals surface area contributed by atoms with E-state index in [2.05, 4.69) is 12.8 Å². The fraction of sp³-hybridized carbons (Fsp3) is 0.300. The van der Waals surface area contributed by atoms with Gasteiger partial charge >= 0.3 is 0 Å². The molecule has 0 bridgehead atoms. The van der Waals surface area contributed by atoms with E-state index in [4.69, 9.17) is 0 Å². The van der Waals surface area contributed by atoms with Gasteiger partial charge in [0, 0.05) is 11.2 Å². The third-order valence-corrected chi connectivity index (χ3v) is 3.10. The summed E-state index contributed by atoms with van der Waals surface area (Å²) < 4.78 is 11.5. The van der Waals surface area contributed by atoms with Crippen molar-refractivity contribution in [2.24, 2.45) is 0 Å². The molecule has 0 spiro atoms. The molecule has 0 aromatic heterocycles. The summed E-state index contributed by atoms with van der Waals surface area (Å²) >= 11 is 0. The second kappa shape index (κ2) is 3.31. The molecule has 0 aliphatic rings. The maximum absolute atomic E-state index is 11.5. The van der Waals surface area contributed by atoms with E-state index in [1.54, 1.807) is 6.26 Å². The Balaban J connectivity index is 3.09. The van der Waals surface area contributed by atoms with E-state index in [-0.39, 0.29) is 0 Å². The molecule has 1 nitrogen and oxygen atoms in total. The summed E-state index contributed by atoms with van der Waals surface area (Å²) in [6.07, 6.45) is 2.68. The topological polar surface area (TPSA) is 17.1 Å². The summed E-state index contributed by atoms with van der Waals surface area (Å²) in [5.74, 6) is 3.62. The number of hydrogen-bond acceptors (Lipinski definition) is 1. The Hall–Kier alpha value is -0.760. The van der Waals surface area contributed by atoms with Crippen LogP contribution in [0.15, 0.2) is 29.2 Å². The van der Waals surface area contributed by atoms with Crippen molar-refractivity contribution in [1.82, 2.24) is 0 Å². The van der Waals surface area contributed by atoms with Crippen LogP contribution in [-0.4, -0.2) is 16.3 Å². The van der Waals surface area contributed by atoms with E-state index in [1.807, 2.05) is 24.3 Å². The highest BCUT2D eigenvalue weighted by molar-refractivity contribution is 7.99. The Morgan fingerprint density at radius 2 is 1.83 bits per heavy atom. The highest BCUT2D eigenvalue weighted by Crippen LogP contribution is 2.10. The average Bonchev–Trinajstić information content (AvgIpc) is 2.03. The predicted octanol–water partition coefficient (Wildman–Crippen LogP) is 1.95. The number of benzene rings is 1. The van der Waals surface area contributed by atoms with E-state index in [0.717, 1.165) is 11.3 Å². The van der Waals surface area contributed by atoms with Crippen molar-refractivity contribution >= 4 is 15.4 Å². The molecule has 0 fully saturated rings. The minimum atomic E-state index is -2.03. The summed E-state index contributed by atoms with van der Waals surface area (Å²) in [7, 11) is -2.03. The van der Waals surface area contributed by atoms with Gasteiger partial charge in [0.2, 0.25) is 0 Å². The Kier molecular flexibility index (Phi) is 2.58. The molecule has 66 valence electrons. The number of aryl methyl sites for hydroxylation is 1. The number of hydrogen-bond donors (Lipinski definition) is 0. The third kappa shape index (κ3) is 2.11. The van der Waals surface area contributed by atoms with Crippen LogP contribution >= 0.6 is 0 Å². The van der Waals surface area contributed by atoms with Gasteiger partial charge in [-0.25, -0.2) is 0 Å². The fourth-order valence-corrected chi connectivity index (χ4v) is 1.72. The largest absolute Gasteiger partial charge is 0.263 e. The SMILES string of the molecule is C=S(C)(=O)c1ccc(CC)cc1. The third-order valence-electron chi connectivity index (χ3n) is 1.83. The first-order valence-electron chi connectivity index (χ1n) is 3.95. The van der Waals surface area contributed by atoms with Gasteiger partial charge in [-0.15, -0.1) is 0 Å². The van der Waals surface area contributed by atoms with Gasteiger partial charge in [-0.3, -0.25) is 4.21 Å². The highest BCUT2D eigenvalue weighted by Gasteiger charge is 1.98. The van der Waals surface area contributed by atoms with Gasteiger partial charge in [0.25, 0.3) is 0 Å². The van der Waals surface area contributed by atoms with Gasteiger partial charge in [0.05, 0.1) is 0 Å². The van der Waals surface area contributed by atoms with E-state index in [1.165, 1.54) is 5.56 Å². The summed E-state index contributed by atoms with van der Waals surface area (Å²) in [6.45, 7) is 2.10. The highest BCUT2D eigenvalue weighted by atomic mass is 32.2. The summed E-state index contributed by atoms with van der Waals surface area (Å²) in [4.78, 5) is 0.833. The lowest BCUT2D eigenvalue weighted by Gasteiger charge is -2.02. The van der Waals surface area contributed by atoms with Gasteiger partial charge in [0.1, 0.15) is 0 Å². The summed E-state index contributed by atoms with van der Waals surface area (Å²) in [6, 6.07) is 7.80. The zero-order chi connectivity index (χ0) is 9.19. The number of rotatable bonds is 2. The molecule has 12 heavy (non-hydrogen) atoms. The maximum Gasteiger partial charge on any atom is 0.0302 e. The van der Waals surface area contributed by atoms with Crippen molar-refractivity contribution in [1.29, 1.82) is 0 Å². The van der Waals surface area contributed by atoms with Gasteiger partial charge in [-0.2, -0.15) is 0 Å². The van der Waals surface area contributed by atoms with E-state index in [9.17, 15) is 4.21 Å². The molecule has 0 aliphatic carbocycles. The van der Waals surface area contributed by atoms with Crippen LogP contribution in [0.1, 0.15) is 12.5 Å². The molecule has 1 aromatic carbocycles. The molecule has 2 heteroatoms. The maximum atomic E-state index is 11.5. The Labute approximate surface area is 74.4 Å². The van der Waals surface area contributed by atoms with Crippen LogP contribution in [0, 0.1) is 0 Å². The summed E-state index contributed by atoms with van der Waals surface area (Å²) in [5.41, 5.74) is 1.27. The first-order chi connectivity index (χ1) is 5.54. The van der Waals surface area contributed by atoms with Crippen LogP contribution in [0.5, 0.6) is 0 Å². The first-order valence-corrected chi connectivity index (χ1v) is 6.09. The smallest absolute Gasteiger partial charge is 0.0302 e. The van der Waals surface area contributed by atoms with Gasteiger partial charge < -0.3 is 0 Å². The first kappa shape index (κ1) is 9.33.